The molecule has 0 aromatic rings. The minimum absolute atomic E-state index is 0.0840. The van der Waals surface area contributed by atoms with E-state index in [1.54, 1.807) is 7.05 Å². The topological polar surface area (TPSA) is 83.6 Å². The number of carboxylic acid groups (broad SMARTS) is 1. The molecule has 0 aliphatic heterocycles. The fourth-order valence-corrected chi connectivity index (χ4v) is 1.30. The molecule has 3 N–H and O–H groups in total. The molecule has 0 spiro atoms. The van der Waals surface area contributed by atoms with Crippen LogP contribution in [-0.4, -0.2) is 41.5 Å². The van der Waals surface area contributed by atoms with Crippen molar-refractivity contribution in [1.29, 1.82) is 0 Å². The van der Waals surface area contributed by atoms with E-state index in [9.17, 15) is 9.59 Å². The van der Waals surface area contributed by atoms with Crippen LogP contribution in [0.5, 0.6) is 0 Å². The van der Waals surface area contributed by atoms with Crippen molar-refractivity contribution in [3.63, 3.8) is 0 Å². The van der Waals surface area contributed by atoms with Gasteiger partial charge in [0.05, 0.1) is 6.04 Å². The summed E-state index contributed by atoms with van der Waals surface area (Å²) in [4.78, 5) is 23.3. The lowest BCUT2D eigenvalue weighted by atomic mass is 10.1. The number of rotatable bonds is 7. The normalized spacial score (nSPS) is 12.2. The van der Waals surface area contributed by atoms with E-state index in [1.165, 1.54) is 4.90 Å². The van der Waals surface area contributed by atoms with Crippen LogP contribution in [0, 0.1) is 0 Å². The fourth-order valence-electron chi connectivity index (χ4n) is 1.30. The van der Waals surface area contributed by atoms with Crippen LogP contribution < -0.4 is 5.73 Å². The van der Waals surface area contributed by atoms with E-state index in [-0.39, 0.29) is 12.3 Å². The van der Waals surface area contributed by atoms with Crippen LogP contribution in [0.15, 0.2) is 0 Å². The van der Waals surface area contributed by atoms with Crippen molar-refractivity contribution in [1.82, 2.24) is 4.90 Å². The standard InChI is InChI=1S/C10H20N2O3/c1-3-5-8(11)10(15)12(2)7-4-6-9(13)14/h8H,3-7,11H2,1-2H3,(H,13,14). The van der Waals surface area contributed by atoms with Gasteiger partial charge in [-0.25, -0.2) is 0 Å². The smallest absolute Gasteiger partial charge is 0.303 e. The highest BCUT2D eigenvalue weighted by Gasteiger charge is 2.16. The molecule has 1 atom stereocenters. The first-order valence-corrected chi connectivity index (χ1v) is 5.21. The second kappa shape index (κ2) is 7.23. The molecule has 0 fully saturated rings. The summed E-state index contributed by atoms with van der Waals surface area (Å²) in [6, 6.07) is -0.454. The van der Waals surface area contributed by atoms with Crippen molar-refractivity contribution >= 4 is 11.9 Å². The molecule has 0 aliphatic carbocycles. The van der Waals surface area contributed by atoms with E-state index in [0.29, 0.717) is 19.4 Å². The average Bonchev–Trinajstić information content (AvgIpc) is 2.16. The van der Waals surface area contributed by atoms with E-state index < -0.39 is 12.0 Å². The van der Waals surface area contributed by atoms with Gasteiger partial charge >= 0.3 is 5.97 Å². The third-order valence-electron chi connectivity index (χ3n) is 2.18. The number of nitrogens with two attached hydrogens (primary N) is 1. The first kappa shape index (κ1) is 13.9. The molecule has 0 aromatic carbocycles. The largest absolute Gasteiger partial charge is 0.481 e. The van der Waals surface area contributed by atoms with Crippen molar-refractivity contribution in [2.45, 2.75) is 38.6 Å². The summed E-state index contributed by atoms with van der Waals surface area (Å²) in [7, 11) is 1.65. The van der Waals surface area contributed by atoms with Crippen LogP contribution in [0.25, 0.3) is 0 Å². The fraction of sp³-hybridized carbons (Fsp3) is 0.800. The van der Waals surface area contributed by atoms with E-state index in [4.69, 9.17) is 10.8 Å². The van der Waals surface area contributed by atoms with Crippen molar-refractivity contribution in [2.75, 3.05) is 13.6 Å². The molecule has 88 valence electrons. The maximum Gasteiger partial charge on any atom is 0.303 e. The molecule has 0 aliphatic rings. The maximum atomic E-state index is 11.6. The Kier molecular flexibility index (Phi) is 6.70. The van der Waals surface area contributed by atoms with Gasteiger partial charge in [-0.3, -0.25) is 9.59 Å². The second-order valence-electron chi connectivity index (χ2n) is 3.65. The first-order valence-electron chi connectivity index (χ1n) is 5.21. The van der Waals surface area contributed by atoms with Crippen LogP contribution in [0.1, 0.15) is 32.6 Å². The van der Waals surface area contributed by atoms with Crippen molar-refractivity contribution in [2.24, 2.45) is 5.73 Å². The Balaban J connectivity index is 3.82. The van der Waals surface area contributed by atoms with Crippen molar-refractivity contribution in [3.8, 4) is 0 Å². The molecule has 0 heterocycles. The zero-order valence-corrected chi connectivity index (χ0v) is 9.40. The summed E-state index contributed by atoms with van der Waals surface area (Å²) in [6.45, 7) is 2.42. The number of carbonyl (C=O) groups is 2. The van der Waals surface area contributed by atoms with Gasteiger partial charge in [0.1, 0.15) is 0 Å². The van der Waals surface area contributed by atoms with Gasteiger partial charge in [-0.05, 0) is 12.8 Å². The molecule has 0 saturated heterocycles. The van der Waals surface area contributed by atoms with Crippen LogP contribution in [-0.2, 0) is 9.59 Å². The van der Waals surface area contributed by atoms with Crippen LogP contribution in [0.4, 0.5) is 0 Å². The molecule has 5 heteroatoms. The van der Waals surface area contributed by atoms with E-state index in [1.807, 2.05) is 6.92 Å². The SMILES string of the molecule is CCCC(N)C(=O)N(C)CCCC(=O)O. The van der Waals surface area contributed by atoms with Gasteiger partial charge in [0.2, 0.25) is 5.91 Å². The number of hydrogen-bond donors (Lipinski definition) is 2. The molecule has 5 nitrogen and oxygen atoms in total. The monoisotopic (exact) mass is 216 g/mol. The highest BCUT2D eigenvalue weighted by atomic mass is 16.4. The van der Waals surface area contributed by atoms with E-state index in [2.05, 4.69) is 0 Å². The van der Waals surface area contributed by atoms with Gasteiger partial charge in [-0.15, -0.1) is 0 Å². The third-order valence-corrected chi connectivity index (χ3v) is 2.18. The molecular formula is C10H20N2O3. The quantitative estimate of drug-likeness (QED) is 0.646. The van der Waals surface area contributed by atoms with Crippen molar-refractivity contribution in [3.05, 3.63) is 0 Å². The number of likely N-dealkylation sites (N-methyl/N-ethyl adjacent to an activating group) is 1. The van der Waals surface area contributed by atoms with Gasteiger partial charge in [-0.1, -0.05) is 13.3 Å². The van der Waals surface area contributed by atoms with Crippen molar-refractivity contribution < 1.29 is 14.7 Å². The Bertz CT molecular complexity index is 219. The number of carboxylic acids is 1. The Morgan fingerprint density at radius 2 is 2.07 bits per heavy atom. The summed E-state index contributed by atoms with van der Waals surface area (Å²) < 4.78 is 0. The molecule has 0 bridgehead atoms. The molecule has 0 rings (SSSR count). The van der Waals surface area contributed by atoms with Gasteiger partial charge in [-0.2, -0.15) is 0 Å². The summed E-state index contributed by atoms with van der Waals surface area (Å²) in [5.74, 6) is -0.948. The van der Waals surface area contributed by atoms with Gasteiger partial charge in [0.25, 0.3) is 0 Å². The number of carbonyl (C=O) groups excluding carboxylic acids is 1. The highest BCUT2D eigenvalue weighted by Crippen LogP contribution is 2.00. The van der Waals surface area contributed by atoms with Crippen LogP contribution in [0.2, 0.25) is 0 Å². The predicted molar refractivity (Wildman–Crippen MR) is 57.4 cm³/mol. The Labute approximate surface area is 90.2 Å². The maximum absolute atomic E-state index is 11.6. The first-order chi connectivity index (χ1) is 6.99. The molecular weight excluding hydrogens is 196 g/mol. The second-order valence-corrected chi connectivity index (χ2v) is 3.65. The summed E-state index contributed by atoms with van der Waals surface area (Å²) in [6.07, 6.45) is 2.09. The minimum Gasteiger partial charge on any atom is -0.481 e. The number of aliphatic carboxylic acids is 1. The predicted octanol–water partition coefficient (Wildman–Crippen LogP) is 0.437. The average molecular weight is 216 g/mol. The highest BCUT2D eigenvalue weighted by molar-refractivity contribution is 5.81. The molecule has 1 amide bonds. The van der Waals surface area contributed by atoms with Gasteiger partial charge in [0, 0.05) is 20.0 Å². The Morgan fingerprint density at radius 1 is 1.47 bits per heavy atom. The molecule has 1 unspecified atom stereocenters. The van der Waals surface area contributed by atoms with Crippen LogP contribution >= 0.6 is 0 Å². The summed E-state index contributed by atoms with van der Waals surface area (Å²) >= 11 is 0. The lowest BCUT2D eigenvalue weighted by molar-refractivity contribution is -0.138. The third kappa shape index (κ3) is 6.06. The Hall–Kier alpha value is -1.10. The lowest BCUT2D eigenvalue weighted by Crippen LogP contribution is -2.42. The molecule has 0 radical (unpaired) electrons. The Morgan fingerprint density at radius 3 is 2.53 bits per heavy atom. The number of hydrogen-bond acceptors (Lipinski definition) is 3. The summed E-state index contributed by atoms with van der Waals surface area (Å²) in [5.41, 5.74) is 5.65. The molecule has 0 aromatic heterocycles. The molecule has 15 heavy (non-hydrogen) atoms. The van der Waals surface area contributed by atoms with E-state index >= 15 is 0 Å². The lowest BCUT2D eigenvalue weighted by Gasteiger charge is -2.20. The van der Waals surface area contributed by atoms with Gasteiger partial charge < -0.3 is 15.7 Å². The zero-order valence-electron chi connectivity index (χ0n) is 9.40. The number of amides is 1. The summed E-state index contributed by atoms with van der Waals surface area (Å²) in [5, 5.41) is 8.43. The minimum atomic E-state index is -0.839. The van der Waals surface area contributed by atoms with Gasteiger partial charge in [0.15, 0.2) is 0 Å². The van der Waals surface area contributed by atoms with E-state index in [0.717, 1.165) is 6.42 Å². The van der Waals surface area contributed by atoms with Crippen LogP contribution in [0.3, 0.4) is 0 Å². The zero-order chi connectivity index (χ0) is 11.8. The number of nitrogens with zero attached hydrogens (tertiary/aromatic N) is 1. The molecule has 0 saturated carbocycles.